The van der Waals surface area contributed by atoms with Gasteiger partial charge in [0, 0.05) is 25.3 Å². The van der Waals surface area contributed by atoms with Crippen molar-refractivity contribution in [3.05, 3.63) is 12.2 Å². The molecule has 0 spiro atoms. The number of carbonyl (C=O) groups is 1. The van der Waals surface area contributed by atoms with Gasteiger partial charge in [-0.25, -0.2) is 0 Å². The fourth-order valence-electron chi connectivity index (χ4n) is 1.38. The van der Waals surface area contributed by atoms with E-state index in [0.29, 0.717) is 5.57 Å². The number of nitrogens with one attached hydrogen (secondary N) is 1. The standard InChI is InChI=1S/C14H27NO2/c1-4-5-11-17-12-9-7-6-8-10-15-14(16)13(2)3/h2,4-12H2,1,3H3,(H,15,16). The van der Waals surface area contributed by atoms with Gasteiger partial charge in [0.25, 0.3) is 0 Å². The third-order valence-electron chi connectivity index (χ3n) is 2.53. The van der Waals surface area contributed by atoms with Crippen LogP contribution in [-0.2, 0) is 9.53 Å². The van der Waals surface area contributed by atoms with Gasteiger partial charge in [-0.05, 0) is 26.2 Å². The number of hydrogen-bond acceptors (Lipinski definition) is 2. The summed E-state index contributed by atoms with van der Waals surface area (Å²) in [6.07, 6.45) is 6.84. The maximum atomic E-state index is 11.1. The number of rotatable bonds is 11. The zero-order valence-corrected chi connectivity index (χ0v) is 11.4. The Balaban J connectivity index is 3.08. The lowest BCUT2D eigenvalue weighted by molar-refractivity contribution is -0.117. The summed E-state index contributed by atoms with van der Waals surface area (Å²) in [5, 5.41) is 2.83. The van der Waals surface area contributed by atoms with Crippen molar-refractivity contribution < 1.29 is 9.53 Å². The first-order valence-electron chi connectivity index (χ1n) is 6.70. The van der Waals surface area contributed by atoms with Crippen molar-refractivity contribution in [1.82, 2.24) is 5.32 Å². The smallest absolute Gasteiger partial charge is 0.246 e. The molecule has 0 aliphatic rings. The highest BCUT2D eigenvalue weighted by Crippen LogP contribution is 2.00. The Bertz CT molecular complexity index is 214. The Morgan fingerprint density at radius 1 is 1.12 bits per heavy atom. The first-order chi connectivity index (χ1) is 8.18. The summed E-state index contributed by atoms with van der Waals surface area (Å²) >= 11 is 0. The summed E-state index contributed by atoms with van der Waals surface area (Å²) in [5.41, 5.74) is 0.578. The summed E-state index contributed by atoms with van der Waals surface area (Å²) in [6, 6.07) is 0. The van der Waals surface area contributed by atoms with Crippen LogP contribution < -0.4 is 5.32 Å². The van der Waals surface area contributed by atoms with E-state index in [4.69, 9.17) is 4.74 Å². The van der Waals surface area contributed by atoms with Crippen LogP contribution >= 0.6 is 0 Å². The Morgan fingerprint density at radius 2 is 1.76 bits per heavy atom. The maximum Gasteiger partial charge on any atom is 0.246 e. The molecule has 0 unspecified atom stereocenters. The van der Waals surface area contributed by atoms with E-state index in [1.54, 1.807) is 6.92 Å². The lowest BCUT2D eigenvalue weighted by atomic mass is 10.2. The molecule has 3 nitrogen and oxygen atoms in total. The second-order valence-electron chi connectivity index (χ2n) is 4.42. The van der Waals surface area contributed by atoms with E-state index in [2.05, 4.69) is 18.8 Å². The monoisotopic (exact) mass is 241 g/mol. The molecule has 0 radical (unpaired) electrons. The molecular formula is C14H27NO2. The van der Waals surface area contributed by atoms with Crippen LogP contribution in [0.3, 0.4) is 0 Å². The third kappa shape index (κ3) is 11.4. The summed E-state index contributed by atoms with van der Waals surface area (Å²) in [7, 11) is 0. The van der Waals surface area contributed by atoms with E-state index in [1.165, 1.54) is 12.8 Å². The SMILES string of the molecule is C=C(C)C(=O)NCCCCCCOCCCC. The number of ether oxygens (including phenoxy) is 1. The molecule has 0 aromatic heterocycles. The van der Waals surface area contributed by atoms with Crippen LogP contribution in [0.2, 0.25) is 0 Å². The van der Waals surface area contributed by atoms with Crippen molar-refractivity contribution in [3.8, 4) is 0 Å². The zero-order valence-electron chi connectivity index (χ0n) is 11.4. The zero-order chi connectivity index (χ0) is 12.9. The highest BCUT2D eigenvalue weighted by atomic mass is 16.5. The van der Waals surface area contributed by atoms with Crippen LogP contribution in [0.25, 0.3) is 0 Å². The van der Waals surface area contributed by atoms with Gasteiger partial charge in [-0.2, -0.15) is 0 Å². The largest absolute Gasteiger partial charge is 0.381 e. The fourth-order valence-corrected chi connectivity index (χ4v) is 1.38. The van der Waals surface area contributed by atoms with E-state index in [9.17, 15) is 4.79 Å². The topological polar surface area (TPSA) is 38.3 Å². The fraction of sp³-hybridized carbons (Fsp3) is 0.786. The molecule has 100 valence electrons. The number of amides is 1. The van der Waals surface area contributed by atoms with Crippen molar-refractivity contribution in [2.24, 2.45) is 0 Å². The maximum absolute atomic E-state index is 11.1. The average Bonchev–Trinajstić information content (AvgIpc) is 2.31. The van der Waals surface area contributed by atoms with Crippen LogP contribution in [0.5, 0.6) is 0 Å². The molecule has 3 heteroatoms. The lowest BCUT2D eigenvalue weighted by Gasteiger charge is -2.05. The van der Waals surface area contributed by atoms with Gasteiger partial charge in [0.2, 0.25) is 5.91 Å². The van der Waals surface area contributed by atoms with E-state index in [1.807, 2.05) is 0 Å². The quantitative estimate of drug-likeness (QED) is 0.446. The van der Waals surface area contributed by atoms with E-state index >= 15 is 0 Å². The minimum absolute atomic E-state index is 0.0344. The third-order valence-corrected chi connectivity index (χ3v) is 2.53. The molecule has 0 heterocycles. The molecule has 1 N–H and O–H groups in total. The summed E-state index contributed by atoms with van der Waals surface area (Å²) < 4.78 is 5.47. The van der Waals surface area contributed by atoms with Gasteiger partial charge in [0.05, 0.1) is 0 Å². The Morgan fingerprint density at radius 3 is 2.41 bits per heavy atom. The molecular weight excluding hydrogens is 214 g/mol. The molecule has 0 saturated heterocycles. The van der Waals surface area contributed by atoms with Gasteiger partial charge in [0.1, 0.15) is 0 Å². The molecule has 0 rings (SSSR count). The Hall–Kier alpha value is -0.830. The van der Waals surface area contributed by atoms with Gasteiger partial charge < -0.3 is 10.1 Å². The van der Waals surface area contributed by atoms with E-state index in [0.717, 1.165) is 45.4 Å². The molecule has 0 aromatic carbocycles. The molecule has 0 atom stereocenters. The van der Waals surface area contributed by atoms with E-state index < -0.39 is 0 Å². The normalized spacial score (nSPS) is 10.2. The van der Waals surface area contributed by atoms with Crippen molar-refractivity contribution in [3.63, 3.8) is 0 Å². The molecule has 0 aliphatic carbocycles. The van der Waals surface area contributed by atoms with Crippen molar-refractivity contribution >= 4 is 5.91 Å². The highest BCUT2D eigenvalue weighted by molar-refractivity contribution is 5.91. The minimum Gasteiger partial charge on any atom is -0.381 e. The second-order valence-corrected chi connectivity index (χ2v) is 4.42. The highest BCUT2D eigenvalue weighted by Gasteiger charge is 1.99. The number of hydrogen-bond donors (Lipinski definition) is 1. The first-order valence-corrected chi connectivity index (χ1v) is 6.70. The van der Waals surface area contributed by atoms with Crippen molar-refractivity contribution in [2.45, 2.75) is 52.4 Å². The van der Waals surface area contributed by atoms with Gasteiger partial charge >= 0.3 is 0 Å². The molecule has 0 aliphatic heterocycles. The lowest BCUT2D eigenvalue weighted by Crippen LogP contribution is -2.24. The average molecular weight is 241 g/mol. The van der Waals surface area contributed by atoms with Crippen LogP contribution in [0.4, 0.5) is 0 Å². The summed E-state index contributed by atoms with van der Waals surface area (Å²) in [5.74, 6) is -0.0344. The predicted molar refractivity (Wildman–Crippen MR) is 72.0 cm³/mol. The van der Waals surface area contributed by atoms with E-state index in [-0.39, 0.29) is 5.91 Å². The molecule has 0 fully saturated rings. The second kappa shape index (κ2) is 11.6. The number of carbonyl (C=O) groups excluding carboxylic acids is 1. The first kappa shape index (κ1) is 16.2. The minimum atomic E-state index is -0.0344. The van der Waals surface area contributed by atoms with Crippen LogP contribution in [-0.4, -0.2) is 25.7 Å². The van der Waals surface area contributed by atoms with Crippen LogP contribution in [0, 0.1) is 0 Å². The van der Waals surface area contributed by atoms with Gasteiger partial charge in [0.15, 0.2) is 0 Å². The Labute approximate surface area is 106 Å². The van der Waals surface area contributed by atoms with Crippen LogP contribution in [0.15, 0.2) is 12.2 Å². The summed E-state index contributed by atoms with van der Waals surface area (Å²) in [6.45, 7) is 10.0. The molecule has 0 saturated carbocycles. The molecule has 0 bridgehead atoms. The van der Waals surface area contributed by atoms with Gasteiger partial charge in [-0.15, -0.1) is 0 Å². The Kier molecular flexibility index (Phi) is 11.1. The predicted octanol–water partition coefficient (Wildman–Crippen LogP) is 3.06. The van der Waals surface area contributed by atoms with Crippen LogP contribution in [0.1, 0.15) is 52.4 Å². The number of unbranched alkanes of at least 4 members (excludes halogenated alkanes) is 4. The van der Waals surface area contributed by atoms with Crippen molar-refractivity contribution in [2.75, 3.05) is 19.8 Å². The van der Waals surface area contributed by atoms with Gasteiger partial charge in [-0.3, -0.25) is 4.79 Å². The van der Waals surface area contributed by atoms with Gasteiger partial charge in [-0.1, -0.05) is 32.8 Å². The molecule has 1 amide bonds. The molecule has 0 aromatic rings. The van der Waals surface area contributed by atoms with Crippen molar-refractivity contribution in [1.29, 1.82) is 0 Å². The summed E-state index contributed by atoms with van der Waals surface area (Å²) in [4.78, 5) is 11.1. The molecule has 17 heavy (non-hydrogen) atoms.